The molecule has 3 heterocycles. The summed E-state index contributed by atoms with van der Waals surface area (Å²) in [6.45, 7) is -0.116. The maximum absolute atomic E-state index is 13.1. The molecule has 36 heavy (non-hydrogen) atoms. The van der Waals surface area contributed by atoms with Crippen LogP contribution >= 0.6 is 0 Å². The van der Waals surface area contributed by atoms with Crippen LogP contribution in [-0.2, 0) is 36.0 Å². The highest BCUT2D eigenvalue weighted by atomic mass is 32.2. The molecule has 4 rings (SSSR count). The number of furan rings is 1. The Labute approximate surface area is 206 Å². The van der Waals surface area contributed by atoms with Crippen LogP contribution in [0.4, 0.5) is 4.79 Å². The number of ether oxygens (including phenoxy) is 1. The molecule has 2 aliphatic rings. The second-order valence-corrected chi connectivity index (χ2v) is 9.59. The van der Waals surface area contributed by atoms with E-state index < -0.39 is 58.8 Å². The first-order valence-electron chi connectivity index (χ1n) is 11.1. The molecule has 14 heteroatoms. The number of β-lactam (4-membered cyclic amide) rings is 1. The lowest BCUT2D eigenvalue weighted by Gasteiger charge is -2.36. The van der Waals surface area contributed by atoms with Gasteiger partial charge < -0.3 is 19.8 Å². The summed E-state index contributed by atoms with van der Waals surface area (Å²) < 4.78 is 42.0. The molecule has 192 valence electrons. The lowest BCUT2D eigenvalue weighted by atomic mass is 10.1. The number of benzene rings is 1. The molecule has 3 N–H and O–H groups in total. The van der Waals surface area contributed by atoms with Gasteiger partial charge in [-0.15, -0.1) is 0 Å². The summed E-state index contributed by atoms with van der Waals surface area (Å²) in [6, 6.07) is 8.55. The van der Waals surface area contributed by atoms with Gasteiger partial charge >= 0.3 is 16.4 Å². The lowest BCUT2D eigenvalue weighted by molar-refractivity contribution is -0.141. The van der Waals surface area contributed by atoms with Crippen molar-refractivity contribution in [3.05, 3.63) is 60.1 Å². The quantitative estimate of drug-likeness (QED) is 0.328. The van der Waals surface area contributed by atoms with Gasteiger partial charge in [0.2, 0.25) is 5.91 Å². The van der Waals surface area contributed by atoms with Gasteiger partial charge in [0.15, 0.2) is 6.04 Å². The van der Waals surface area contributed by atoms with Gasteiger partial charge in [-0.05, 0) is 30.5 Å². The third-order valence-corrected chi connectivity index (χ3v) is 6.74. The Morgan fingerprint density at radius 1 is 1.17 bits per heavy atom. The van der Waals surface area contributed by atoms with Crippen LogP contribution < -0.4 is 10.6 Å². The van der Waals surface area contributed by atoms with Crippen molar-refractivity contribution < 1.29 is 41.3 Å². The van der Waals surface area contributed by atoms with Crippen molar-refractivity contribution in [3.8, 4) is 0 Å². The molecule has 2 aliphatic heterocycles. The van der Waals surface area contributed by atoms with Crippen LogP contribution in [0.5, 0.6) is 0 Å². The first-order chi connectivity index (χ1) is 17.1. The number of hydrogen-bond donors (Lipinski definition) is 3. The van der Waals surface area contributed by atoms with Gasteiger partial charge in [0.25, 0.3) is 11.8 Å². The fraction of sp³-hybridized carbons (Fsp3) is 0.364. The average molecular weight is 521 g/mol. The maximum Gasteiger partial charge on any atom is 0.410 e. The minimum Gasteiger partial charge on any atom is -0.467 e. The Balaban J connectivity index is 1.39. The Bertz CT molecular complexity index is 1230. The van der Waals surface area contributed by atoms with Crippen LogP contribution in [0.25, 0.3) is 0 Å². The van der Waals surface area contributed by atoms with Gasteiger partial charge in [0.05, 0.1) is 12.8 Å². The van der Waals surface area contributed by atoms with Crippen molar-refractivity contribution in [1.29, 1.82) is 0 Å². The van der Waals surface area contributed by atoms with Crippen molar-refractivity contribution >= 4 is 34.1 Å². The molecule has 3 atom stereocenters. The maximum atomic E-state index is 13.1. The number of hydrogen-bond acceptors (Lipinski definition) is 8. The zero-order chi connectivity index (χ0) is 25.9. The van der Waals surface area contributed by atoms with Crippen LogP contribution in [0.2, 0.25) is 0 Å². The second-order valence-electron chi connectivity index (χ2n) is 8.26. The second kappa shape index (κ2) is 10.4. The first kappa shape index (κ1) is 25.2. The SMILES string of the molecule is O=C(NC1CN(S(=O)(=O)O)C1=O)C(NC(=O)C1CCCN1C(=O)OCc1ccccc1)c1ccco1. The van der Waals surface area contributed by atoms with E-state index in [1.807, 2.05) is 18.2 Å². The molecule has 0 aliphatic carbocycles. The summed E-state index contributed by atoms with van der Waals surface area (Å²) in [5.74, 6) is -2.41. The predicted molar refractivity (Wildman–Crippen MR) is 121 cm³/mol. The van der Waals surface area contributed by atoms with Gasteiger partial charge in [-0.25, -0.2) is 9.10 Å². The van der Waals surface area contributed by atoms with E-state index in [4.69, 9.17) is 13.7 Å². The number of carbonyl (C=O) groups excluding carboxylic acids is 4. The number of rotatable bonds is 8. The first-order valence-corrected chi connectivity index (χ1v) is 12.5. The molecule has 1 aromatic heterocycles. The van der Waals surface area contributed by atoms with E-state index in [2.05, 4.69) is 10.6 Å². The summed E-state index contributed by atoms with van der Waals surface area (Å²) in [5, 5.41) is 4.88. The standard InChI is InChI=1S/C22H24N4O9S/c27-19(16-8-4-10-25(16)22(30)35-13-14-6-2-1-3-7-14)24-18(17-9-5-11-34-17)20(28)23-15-12-26(21(15)29)36(31,32)33/h1-3,5-7,9,11,15-16,18H,4,8,10,12-13H2,(H,23,28)(H,24,27)(H,31,32,33). The smallest absolute Gasteiger partial charge is 0.410 e. The van der Waals surface area contributed by atoms with E-state index in [-0.39, 0.29) is 16.7 Å². The summed E-state index contributed by atoms with van der Waals surface area (Å²) in [4.78, 5) is 51.9. The van der Waals surface area contributed by atoms with Crippen molar-refractivity contribution in [2.45, 2.75) is 37.6 Å². The molecule has 0 radical (unpaired) electrons. The normalized spacial score (nSPS) is 20.4. The van der Waals surface area contributed by atoms with E-state index in [0.717, 1.165) is 5.56 Å². The Kier molecular flexibility index (Phi) is 7.26. The molecule has 0 spiro atoms. The average Bonchev–Trinajstić information content (AvgIpc) is 3.55. The minimum atomic E-state index is -4.72. The molecule has 2 saturated heterocycles. The summed E-state index contributed by atoms with van der Waals surface area (Å²) >= 11 is 0. The van der Waals surface area contributed by atoms with E-state index in [1.165, 1.54) is 23.3 Å². The molecular weight excluding hydrogens is 496 g/mol. The Morgan fingerprint density at radius 2 is 1.92 bits per heavy atom. The molecule has 3 unspecified atom stereocenters. The lowest BCUT2D eigenvalue weighted by Crippen LogP contribution is -2.66. The van der Waals surface area contributed by atoms with E-state index in [1.54, 1.807) is 12.1 Å². The summed E-state index contributed by atoms with van der Waals surface area (Å²) in [5.41, 5.74) is 0.790. The summed E-state index contributed by atoms with van der Waals surface area (Å²) in [6.07, 6.45) is 1.53. The molecule has 0 saturated carbocycles. The molecule has 2 fully saturated rings. The number of nitrogens with one attached hydrogen (secondary N) is 2. The third kappa shape index (κ3) is 5.49. The number of likely N-dealkylation sites (tertiary alicyclic amines) is 1. The van der Waals surface area contributed by atoms with Crippen molar-refractivity contribution in [2.75, 3.05) is 13.1 Å². The number of amides is 4. The highest BCUT2D eigenvalue weighted by Crippen LogP contribution is 2.22. The van der Waals surface area contributed by atoms with E-state index >= 15 is 0 Å². The molecular formula is C22H24N4O9S. The fourth-order valence-corrected chi connectivity index (χ4v) is 4.68. The van der Waals surface area contributed by atoms with Crippen LogP contribution in [0.3, 0.4) is 0 Å². The molecule has 0 bridgehead atoms. The topological polar surface area (TPSA) is 176 Å². The number of nitrogens with zero attached hydrogens (tertiary/aromatic N) is 2. The molecule has 2 aromatic rings. The summed E-state index contributed by atoms with van der Waals surface area (Å²) in [7, 11) is -4.72. The third-order valence-electron chi connectivity index (χ3n) is 5.86. The van der Waals surface area contributed by atoms with Gasteiger partial charge in [0.1, 0.15) is 24.5 Å². The highest BCUT2D eigenvalue weighted by Gasteiger charge is 2.46. The van der Waals surface area contributed by atoms with Gasteiger partial charge in [0, 0.05) is 6.54 Å². The van der Waals surface area contributed by atoms with Crippen molar-refractivity contribution in [1.82, 2.24) is 19.8 Å². The predicted octanol–water partition coefficient (Wildman–Crippen LogP) is 0.368. The Hall–Kier alpha value is -3.91. The fourth-order valence-electron chi connectivity index (χ4n) is 3.99. The zero-order valence-electron chi connectivity index (χ0n) is 18.9. The van der Waals surface area contributed by atoms with Crippen LogP contribution in [0, 0.1) is 0 Å². The highest BCUT2D eigenvalue weighted by molar-refractivity contribution is 7.84. The van der Waals surface area contributed by atoms with Crippen LogP contribution in [-0.4, -0.2) is 71.2 Å². The van der Waals surface area contributed by atoms with E-state index in [0.29, 0.717) is 19.4 Å². The number of carbonyl (C=O) groups is 4. The van der Waals surface area contributed by atoms with Crippen molar-refractivity contribution in [3.63, 3.8) is 0 Å². The minimum absolute atomic E-state index is 0.0396. The van der Waals surface area contributed by atoms with Gasteiger partial charge in [-0.3, -0.25) is 23.8 Å². The van der Waals surface area contributed by atoms with Crippen LogP contribution in [0.1, 0.15) is 30.2 Å². The monoisotopic (exact) mass is 520 g/mol. The van der Waals surface area contributed by atoms with E-state index in [9.17, 15) is 27.6 Å². The van der Waals surface area contributed by atoms with Crippen LogP contribution in [0.15, 0.2) is 53.1 Å². The largest absolute Gasteiger partial charge is 0.467 e. The molecule has 1 aromatic carbocycles. The molecule has 4 amide bonds. The Morgan fingerprint density at radius 3 is 2.56 bits per heavy atom. The van der Waals surface area contributed by atoms with Gasteiger partial charge in [-0.1, -0.05) is 30.3 Å². The van der Waals surface area contributed by atoms with Gasteiger partial charge in [-0.2, -0.15) is 8.42 Å². The molecule has 13 nitrogen and oxygen atoms in total. The van der Waals surface area contributed by atoms with Crippen molar-refractivity contribution in [2.24, 2.45) is 0 Å². The zero-order valence-corrected chi connectivity index (χ0v) is 19.7.